The van der Waals surface area contributed by atoms with Crippen LogP contribution in [-0.2, 0) is 9.59 Å². The molecule has 0 radical (unpaired) electrons. The summed E-state index contributed by atoms with van der Waals surface area (Å²) >= 11 is 0. The minimum absolute atomic E-state index is 0.0515. The van der Waals surface area contributed by atoms with Gasteiger partial charge in [-0.2, -0.15) is 0 Å². The first-order valence-corrected chi connectivity index (χ1v) is 14.2. The summed E-state index contributed by atoms with van der Waals surface area (Å²) in [6, 6.07) is 0. The van der Waals surface area contributed by atoms with Crippen LogP contribution in [0.5, 0.6) is 0 Å². The van der Waals surface area contributed by atoms with Gasteiger partial charge in [0.15, 0.2) is 0 Å². The SMILES string of the molecule is CC1(C)C(=O)CC[C@]2(C)[C@H]3CC=C4[C@@H]5C[C@@](C)(CO)CC[C@]5(CC(=O)O)CC[C@@]4(C)[C@]3(C)CC[C@@H]12. The number of carbonyl (C=O) groups is 2. The third kappa shape index (κ3) is 3.26. The Kier molecular flexibility index (Phi) is 5.59. The highest BCUT2D eigenvalue weighted by atomic mass is 16.4. The number of carbonyl (C=O) groups excluding carboxylic acids is 1. The highest BCUT2D eigenvalue weighted by Gasteiger charge is 2.68. The molecule has 4 heteroatoms. The van der Waals surface area contributed by atoms with Gasteiger partial charge in [0, 0.05) is 18.4 Å². The van der Waals surface area contributed by atoms with Gasteiger partial charge in [-0.15, -0.1) is 0 Å². The lowest BCUT2D eigenvalue weighted by Crippen LogP contribution is -2.64. The Balaban J connectivity index is 1.59. The molecule has 5 aliphatic carbocycles. The fourth-order valence-electron chi connectivity index (χ4n) is 10.8. The number of carboxylic acids is 1. The number of allylic oxidation sites excluding steroid dienone is 2. The van der Waals surface area contributed by atoms with Gasteiger partial charge in [0.05, 0.1) is 6.42 Å². The van der Waals surface area contributed by atoms with Crippen molar-refractivity contribution in [2.75, 3.05) is 6.61 Å². The van der Waals surface area contributed by atoms with Crippen molar-refractivity contribution < 1.29 is 19.8 Å². The Morgan fingerprint density at radius 1 is 0.971 bits per heavy atom. The van der Waals surface area contributed by atoms with Crippen molar-refractivity contribution in [1.29, 1.82) is 0 Å². The van der Waals surface area contributed by atoms with Crippen LogP contribution in [0.4, 0.5) is 0 Å². The van der Waals surface area contributed by atoms with Gasteiger partial charge in [-0.1, -0.05) is 53.2 Å². The van der Waals surface area contributed by atoms with Gasteiger partial charge < -0.3 is 10.2 Å². The highest BCUT2D eigenvalue weighted by Crippen LogP contribution is 2.75. The van der Waals surface area contributed by atoms with Crippen LogP contribution in [0.1, 0.15) is 112 Å². The number of ketones is 1. The average Bonchev–Trinajstić information content (AvgIpc) is 2.78. The maximum absolute atomic E-state index is 12.9. The topological polar surface area (TPSA) is 74.6 Å². The number of Topliss-reactive ketones (excluding diaryl/α,β-unsaturated/α-hetero) is 1. The Morgan fingerprint density at radius 3 is 2.31 bits per heavy atom. The molecule has 0 saturated heterocycles. The van der Waals surface area contributed by atoms with Crippen LogP contribution in [0, 0.1) is 50.2 Å². The number of aliphatic hydroxyl groups excluding tert-OH is 1. The maximum atomic E-state index is 12.9. The molecule has 2 N–H and O–H groups in total. The molecule has 0 aliphatic heterocycles. The normalized spacial score (nSPS) is 50.8. The number of fused-ring (bicyclic) bond motifs is 7. The molecule has 0 spiro atoms. The zero-order valence-corrected chi connectivity index (χ0v) is 23.0. The lowest BCUT2D eigenvalue weighted by molar-refractivity contribution is -0.186. The largest absolute Gasteiger partial charge is 0.481 e. The summed E-state index contributed by atoms with van der Waals surface area (Å²) in [5, 5.41) is 20.2. The lowest BCUT2D eigenvalue weighted by Gasteiger charge is -2.71. The van der Waals surface area contributed by atoms with Crippen molar-refractivity contribution in [3.05, 3.63) is 11.6 Å². The second kappa shape index (κ2) is 7.68. The van der Waals surface area contributed by atoms with Crippen LogP contribution in [-0.4, -0.2) is 28.6 Å². The van der Waals surface area contributed by atoms with E-state index in [0.29, 0.717) is 24.0 Å². The quantitative estimate of drug-likeness (QED) is 0.432. The van der Waals surface area contributed by atoms with Crippen molar-refractivity contribution in [2.24, 2.45) is 50.2 Å². The summed E-state index contributed by atoms with van der Waals surface area (Å²) in [5.41, 5.74) is 1.36. The van der Waals surface area contributed by atoms with E-state index in [1.54, 1.807) is 0 Å². The fraction of sp³-hybridized carbons (Fsp3) is 0.871. The van der Waals surface area contributed by atoms with Crippen molar-refractivity contribution in [3.63, 3.8) is 0 Å². The molecule has 0 heterocycles. The van der Waals surface area contributed by atoms with Crippen LogP contribution in [0.15, 0.2) is 11.6 Å². The van der Waals surface area contributed by atoms with Crippen LogP contribution in [0.3, 0.4) is 0 Å². The fourth-order valence-corrected chi connectivity index (χ4v) is 10.8. The van der Waals surface area contributed by atoms with E-state index >= 15 is 0 Å². The summed E-state index contributed by atoms with van der Waals surface area (Å²) < 4.78 is 0. The van der Waals surface area contributed by atoms with E-state index in [2.05, 4.69) is 47.6 Å². The van der Waals surface area contributed by atoms with Crippen LogP contribution in [0.2, 0.25) is 0 Å². The Bertz CT molecular complexity index is 965. The molecule has 0 amide bonds. The van der Waals surface area contributed by atoms with E-state index in [1.165, 1.54) is 5.57 Å². The van der Waals surface area contributed by atoms with Crippen LogP contribution < -0.4 is 0 Å². The van der Waals surface area contributed by atoms with Crippen LogP contribution in [0.25, 0.3) is 0 Å². The Hall–Kier alpha value is -1.16. The zero-order chi connectivity index (χ0) is 25.7. The molecule has 0 aromatic heterocycles. The minimum atomic E-state index is -0.672. The maximum Gasteiger partial charge on any atom is 0.303 e. The molecule has 5 rings (SSSR count). The van der Waals surface area contributed by atoms with Gasteiger partial charge in [0.2, 0.25) is 0 Å². The lowest BCUT2D eigenvalue weighted by atomic mass is 9.33. The third-order valence-electron chi connectivity index (χ3n) is 13.3. The van der Waals surface area contributed by atoms with E-state index in [0.717, 1.165) is 57.8 Å². The molecule has 4 nitrogen and oxygen atoms in total. The number of aliphatic carboxylic acids is 1. The Labute approximate surface area is 212 Å². The molecule has 4 fully saturated rings. The van der Waals surface area contributed by atoms with E-state index in [4.69, 9.17) is 0 Å². The van der Waals surface area contributed by atoms with Gasteiger partial charge in [-0.3, -0.25) is 9.59 Å². The molecule has 4 saturated carbocycles. The first kappa shape index (κ1) is 25.5. The third-order valence-corrected chi connectivity index (χ3v) is 13.3. The number of hydrogen-bond donors (Lipinski definition) is 2. The van der Waals surface area contributed by atoms with Crippen LogP contribution >= 0.6 is 0 Å². The number of aliphatic hydroxyl groups is 1. The van der Waals surface area contributed by atoms with Gasteiger partial charge in [0.25, 0.3) is 0 Å². The van der Waals surface area contributed by atoms with Gasteiger partial charge in [-0.05, 0) is 103 Å². The number of hydrogen-bond acceptors (Lipinski definition) is 3. The summed E-state index contributed by atoms with van der Waals surface area (Å²) in [5.74, 6) is 1.01. The molecule has 0 aromatic rings. The number of carboxylic acid groups (broad SMARTS) is 1. The van der Waals surface area contributed by atoms with Crippen molar-refractivity contribution in [2.45, 2.75) is 112 Å². The van der Waals surface area contributed by atoms with E-state index in [-0.39, 0.29) is 51.4 Å². The molecule has 0 aromatic carbocycles. The molecule has 0 bridgehead atoms. The molecule has 8 atom stereocenters. The predicted molar refractivity (Wildman–Crippen MR) is 138 cm³/mol. The molecule has 35 heavy (non-hydrogen) atoms. The van der Waals surface area contributed by atoms with Gasteiger partial charge in [0.1, 0.15) is 5.78 Å². The standard InChI is InChI=1S/C31H48O4/c1-26(2)22-9-12-30(6)23(28(22,4)11-10-24(26)33)8-7-20-21-17-27(3,19-32)13-15-31(21,18-25(34)35)16-14-29(20,30)5/h7,21-23,32H,8-19H2,1-6H3,(H,34,35)/t21-,22-,23+,27-,28-,29+,30+,31+/m0/s1. The Morgan fingerprint density at radius 2 is 1.66 bits per heavy atom. The smallest absolute Gasteiger partial charge is 0.303 e. The number of rotatable bonds is 3. The van der Waals surface area contributed by atoms with E-state index in [9.17, 15) is 19.8 Å². The summed E-state index contributed by atoms with van der Waals surface area (Å²) in [6.07, 6.45) is 12.6. The zero-order valence-electron chi connectivity index (χ0n) is 23.0. The van der Waals surface area contributed by atoms with E-state index in [1.807, 2.05) is 0 Å². The average molecular weight is 485 g/mol. The molecule has 196 valence electrons. The first-order chi connectivity index (χ1) is 16.2. The first-order valence-electron chi connectivity index (χ1n) is 14.2. The van der Waals surface area contributed by atoms with E-state index < -0.39 is 5.97 Å². The van der Waals surface area contributed by atoms with Gasteiger partial charge in [-0.25, -0.2) is 0 Å². The van der Waals surface area contributed by atoms with Gasteiger partial charge >= 0.3 is 5.97 Å². The predicted octanol–water partition coefficient (Wildman–Crippen LogP) is 6.80. The van der Waals surface area contributed by atoms with Crippen molar-refractivity contribution in [3.8, 4) is 0 Å². The molecule has 5 aliphatic rings. The minimum Gasteiger partial charge on any atom is -0.481 e. The second-order valence-electron chi connectivity index (χ2n) is 15.1. The summed E-state index contributed by atoms with van der Waals surface area (Å²) in [6.45, 7) is 14.3. The molecule has 0 unspecified atom stereocenters. The summed E-state index contributed by atoms with van der Waals surface area (Å²) in [4.78, 5) is 25.0. The second-order valence-corrected chi connectivity index (χ2v) is 15.1. The monoisotopic (exact) mass is 484 g/mol. The van der Waals surface area contributed by atoms with Crippen molar-refractivity contribution >= 4 is 11.8 Å². The summed E-state index contributed by atoms with van der Waals surface area (Å²) in [7, 11) is 0. The highest BCUT2D eigenvalue weighted by molar-refractivity contribution is 5.85. The molecular weight excluding hydrogens is 436 g/mol. The molecular formula is C31H48O4. The van der Waals surface area contributed by atoms with Crippen molar-refractivity contribution in [1.82, 2.24) is 0 Å².